The zero-order valence-corrected chi connectivity index (χ0v) is 12.7. The van der Waals surface area contributed by atoms with Crippen LogP contribution in [0.15, 0.2) is 60.7 Å². The van der Waals surface area contributed by atoms with Crippen molar-refractivity contribution < 1.29 is 0 Å². The van der Waals surface area contributed by atoms with E-state index in [9.17, 15) is 0 Å². The molecule has 0 N–H and O–H groups in total. The van der Waals surface area contributed by atoms with E-state index in [1.54, 1.807) is 0 Å². The highest BCUT2D eigenvalue weighted by Gasteiger charge is 2.48. The molecule has 2 aromatic rings. The number of hydrogen-bond acceptors (Lipinski definition) is 1. The van der Waals surface area contributed by atoms with Gasteiger partial charge in [0.25, 0.3) is 0 Å². The first kappa shape index (κ1) is 13.1. The number of rotatable bonds is 2. The summed E-state index contributed by atoms with van der Waals surface area (Å²) in [6, 6.07) is 23.0. The molecule has 4 rings (SSSR count). The highest BCUT2D eigenvalue weighted by Crippen LogP contribution is 2.47. The maximum atomic E-state index is 2.73. The lowest BCUT2D eigenvalue weighted by Crippen LogP contribution is -2.32. The zero-order valence-electron chi connectivity index (χ0n) is 12.7. The fourth-order valence-electron chi connectivity index (χ4n) is 4.56. The maximum Gasteiger partial charge on any atom is 0.0344 e. The van der Waals surface area contributed by atoms with Crippen LogP contribution in [0, 0.1) is 5.92 Å². The van der Waals surface area contributed by atoms with Crippen molar-refractivity contribution in [2.75, 3.05) is 13.1 Å². The van der Waals surface area contributed by atoms with Crippen molar-refractivity contribution in [2.45, 2.75) is 31.2 Å². The lowest BCUT2D eigenvalue weighted by Gasteiger charge is -2.31. The molecular formula is C20H23N. The van der Waals surface area contributed by atoms with Crippen molar-refractivity contribution in [1.29, 1.82) is 0 Å². The molecule has 2 fully saturated rings. The predicted octanol–water partition coefficient (Wildman–Crippen LogP) is 4.09. The topological polar surface area (TPSA) is 3.24 Å². The second-order valence-electron chi connectivity index (χ2n) is 6.94. The van der Waals surface area contributed by atoms with Crippen LogP contribution in [-0.2, 0) is 5.41 Å². The minimum Gasteiger partial charge on any atom is -0.299 e. The van der Waals surface area contributed by atoms with Gasteiger partial charge in [0.05, 0.1) is 0 Å². The summed E-state index contributed by atoms with van der Waals surface area (Å²) in [5.74, 6) is 0.861. The highest BCUT2D eigenvalue weighted by molar-refractivity contribution is 5.42. The SMILES string of the molecule is C[C@@H]1C[C@H]2CC(c3ccccc3)(c3ccccc3)CN2C1. The molecule has 0 spiro atoms. The molecule has 21 heavy (non-hydrogen) atoms. The summed E-state index contributed by atoms with van der Waals surface area (Å²) in [6.07, 6.45) is 2.63. The quantitative estimate of drug-likeness (QED) is 0.799. The van der Waals surface area contributed by atoms with Crippen molar-refractivity contribution in [1.82, 2.24) is 4.90 Å². The zero-order chi connectivity index (χ0) is 14.3. The molecule has 0 saturated carbocycles. The second-order valence-corrected chi connectivity index (χ2v) is 6.94. The molecule has 0 aromatic heterocycles. The molecule has 2 atom stereocenters. The van der Waals surface area contributed by atoms with Crippen molar-refractivity contribution in [3.05, 3.63) is 71.8 Å². The molecule has 2 aliphatic heterocycles. The Morgan fingerprint density at radius 2 is 1.48 bits per heavy atom. The molecule has 2 saturated heterocycles. The largest absolute Gasteiger partial charge is 0.299 e. The highest BCUT2D eigenvalue weighted by atomic mass is 15.2. The molecule has 0 aliphatic carbocycles. The molecule has 2 heterocycles. The van der Waals surface area contributed by atoms with Gasteiger partial charge in [0.15, 0.2) is 0 Å². The molecule has 1 heteroatoms. The Morgan fingerprint density at radius 3 is 2.00 bits per heavy atom. The average Bonchev–Trinajstić information content (AvgIpc) is 3.04. The van der Waals surface area contributed by atoms with Crippen LogP contribution in [0.25, 0.3) is 0 Å². The minimum absolute atomic E-state index is 0.188. The first-order chi connectivity index (χ1) is 10.3. The molecule has 2 aromatic carbocycles. The van der Waals surface area contributed by atoms with Crippen LogP contribution < -0.4 is 0 Å². The van der Waals surface area contributed by atoms with Gasteiger partial charge in [-0.25, -0.2) is 0 Å². The standard InChI is InChI=1S/C20H23N/c1-16-12-19-13-20(15-21(19)14-16,17-8-4-2-5-9-17)18-10-6-3-7-11-18/h2-11,16,19H,12-15H2,1H3/t16-,19+/m1/s1. The summed E-state index contributed by atoms with van der Waals surface area (Å²) >= 11 is 0. The summed E-state index contributed by atoms with van der Waals surface area (Å²) in [7, 11) is 0. The van der Waals surface area contributed by atoms with Gasteiger partial charge in [-0.1, -0.05) is 67.6 Å². The van der Waals surface area contributed by atoms with Gasteiger partial charge in [-0.2, -0.15) is 0 Å². The summed E-state index contributed by atoms with van der Waals surface area (Å²) in [4.78, 5) is 2.73. The van der Waals surface area contributed by atoms with Gasteiger partial charge < -0.3 is 0 Å². The summed E-state index contributed by atoms with van der Waals surface area (Å²) in [5, 5.41) is 0. The summed E-state index contributed by atoms with van der Waals surface area (Å²) in [5.41, 5.74) is 3.16. The number of benzene rings is 2. The first-order valence-electron chi connectivity index (χ1n) is 8.13. The van der Waals surface area contributed by atoms with Crippen LogP contribution in [0.4, 0.5) is 0 Å². The van der Waals surface area contributed by atoms with Crippen LogP contribution >= 0.6 is 0 Å². The van der Waals surface area contributed by atoms with Crippen LogP contribution in [-0.4, -0.2) is 24.0 Å². The fourth-order valence-corrected chi connectivity index (χ4v) is 4.56. The van der Waals surface area contributed by atoms with E-state index in [-0.39, 0.29) is 5.41 Å². The Kier molecular flexibility index (Phi) is 3.11. The van der Waals surface area contributed by atoms with E-state index in [1.165, 1.54) is 37.1 Å². The Morgan fingerprint density at radius 1 is 0.905 bits per heavy atom. The number of hydrogen-bond donors (Lipinski definition) is 0. The third kappa shape index (κ3) is 2.11. The van der Waals surface area contributed by atoms with Crippen LogP contribution in [0.2, 0.25) is 0 Å². The Labute approximate surface area is 127 Å². The smallest absolute Gasteiger partial charge is 0.0344 e. The van der Waals surface area contributed by atoms with E-state index in [4.69, 9.17) is 0 Å². The van der Waals surface area contributed by atoms with Crippen LogP contribution in [0.3, 0.4) is 0 Å². The Bertz CT molecular complexity index is 549. The summed E-state index contributed by atoms with van der Waals surface area (Å²) in [6.45, 7) is 4.84. The molecule has 0 unspecified atom stereocenters. The molecule has 0 radical (unpaired) electrons. The van der Waals surface area contributed by atoms with E-state index < -0.39 is 0 Å². The van der Waals surface area contributed by atoms with Gasteiger partial charge >= 0.3 is 0 Å². The van der Waals surface area contributed by atoms with E-state index in [1.807, 2.05) is 0 Å². The predicted molar refractivity (Wildman–Crippen MR) is 87.4 cm³/mol. The van der Waals surface area contributed by atoms with E-state index >= 15 is 0 Å². The van der Waals surface area contributed by atoms with Gasteiger partial charge in [0, 0.05) is 24.5 Å². The number of nitrogens with zero attached hydrogens (tertiary/aromatic N) is 1. The molecule has 108 valence electrons. The minimum atomic E-state index is 0.188. The second kappa shape index (κ2) is 4.99. The van der Waals surface area contributed by atoms with Crippen molar-refractivity contribution in [3.8, 4) is 0 Å². The van der Waals surface area contributed by atoms with E-state index in [0.717, 1.165) is 12.0 Å². The van der Waals surface area contributed by atoms with Gasteiger partial charge in [-0.15, -0.1) is 0 Å². The third-order valence-electron chi connectivity index (χ3n) is 5.45. The molecule has 1 nitrogen and oxygen atoms in total. The lowest BCUT2D eigenvalue weighted by molar-refractivity contribution is 0.309. The normalized spacial score (nSPS) is 27.7. The van der Waals surface area contributed by atoms with Crippen molar-refractivity contribution >= 4 is 0 Å². The van der Waals surface area contributed by atoms with Crippen molar-refractivity contribution in [2.24, 2.45) is 5.92 Å². The van der Waals surface area contributed by atoms with E-state index in [0.29, 0.717) is 0 Å². The Hall–Kier alpha value is -1.60. The van der Waals surface area contributed by atoms with E-state index in [2.05, 4.69) is 72.5 Å². The maximum absolute atomic E-state index is 2.73. The van der Waals surface area contributed by atoms with Gasteiger partial charge in [0.1, 0.15) is 0 Å². The van der Waals surface area contributed by atoms with Gasteiger partial charge in [-0.05, 0) is 29.9 Å². The van der Waals surface area contributed by atoms with Gasteiger partial charge in [-0.3, -0.25) is 4.90 Å². The van der Waals surface area contributed by atoms with Crippen LogP contribution in [0.1, 0.15) is 30.9 Å². The molecular weight excluding hydrogens is 254 g/mol. The monoisotopic (exact) mass is 277 g/mol. The van der Waals surface area contributed by atoms with Gasteiger partial charge in [0.2, 0.25) is 0 Å². The lowest BCUT2D eigenvalue weighted by atomic mass is 9.72. The molecule has 0 amide bonds. The molecule has 2 aliphatic rings. The Balaban J connectivity index is 1.79. The summed E-state index contributed by atoms with van der Waals surface area (Å²) < 4.78 is 0. The first-order valence-corrected chi connectivity index (χ1v) is 8.13. The number of fused-ring (bicyclic) bond motifs is 1. The average molecular weight is 277 g/mol. The fraction of sp³-hybridized carbons (Fsp3) is 0.400. The third-order valence-corrected chi connectivity index (χ3v) is 5.45. The van der Waals surface area contributed by atoms with Crippen LogP contribution in [0.5, 0.6) is 0 Å². The molecule has 0 bridgehead atoms. The van der Waals surface area contributed by atoms with Crippen molar-refractivity contribution in [3.63, 3.8) is 0 Å².